The molecule has 1 heterocycles. The lowest BCUT2D eigenvalue weighted by Gasteiger charge is -2.32. The lowest BCUT2D eigenvalue weighted by atomic mass is 9.93. The van der Waals surface area contributed by atoms with Crippen LogP contribution in [0.1, 0.15) is 91.0 Å². The standard InChI is InChI=1S/C46H62N8O8/c1-5-6-7-8-9-10-11-31-12-15-34(29(2)24-31)43(57)53-38(28-55)46(60)54(4)41-33-14-17-40(62-23-20-49)36(27-33)35-25-32(13-16-39(35)61-22-19-48)26-37(44(58)50-21-18-47)52-42(56)30(3)51-45(41)59/h12-17,24-25,27,30,37-38,41,55H,5-11,19-23,26,28,48-49H2,1-4H3,(H,50,58)(H,51,59)(H,52,56)(H,53,57). The summed E-state index contributed by atoms with van der Waals surface area (Å²) in [6, 6.07) is 12.2. The molecule has 0 spiro atoms. The summed E-state index contributed by atoms with van der Waals surface area (Å²) in [5.41, 5.74) is 15.6. The minimum atomic E-state index is -1.46. The lowest BCUT2D eigenvalue weighted by Crippen LogP contribution is -2.56. The minimum absolute atomic E-state index is 0.00349. The van der Waals surface area contributed by atoms with Gasteiger partial charge in [0.1, 0.15) is 55.4 Å². The van der Waals surface area contributed by atoms with Gasteiger partial charge in [-0.2, -0.15) is 5.26 Å². The van der Waals surface area contributed by atoms with Crippen LogP contribution >= 0.6 is 0 Å². The van der Waals surface area contributed by atoms with Crippen molar-refractivity contribution in [2.45, 2.75) is 96.3 Å². The van der Waals surface area contributed by atoms with Crippen molar-refractivity contribution in [2.75, 3.05) is 46.5 Å². The maximum atomic E-state index is 14.4. The Morgan fingerprint density at radius 1 is 0.919 bits per heavy atom. The second-order valence-corrected chi connectivity index (χ2v) is 15.5. The summed E-state index contributed by atoms with van der Waals surface area (Å²) in [6.07, 6.45) is 7.90. The molecule has 4 atom stereocenters. The van der Waals surface area contributed by atoms with E-state index in [-0.39, 0.29) is 39.3 Å². The van der Waals surface area contributed by atoms with Gasteiger partial charge in [-0.25, -0.2) is 0 Å². The Morgan fingerprint density at radius 3 is 2.23 bits per heavy atom. The number of aliphatic hydroxyl groups is 1. The van der Waals surface area contributed by atoms with Crippen LogP contribution in [0.15, 0.2) is 54.6 Å². The quantitative estimate of drug-likeness (QED) is 0.0643. The number of nitrogens with one attached hydrogen (secondary N) is 4. The number of hydrogen-bond donors (Lipinski definition) is 7. The van der Waals surface area contributed by atoms with E-state index in [4.69, 9.17) is 26.2 Å². The van der Waals surface area contributed by atoms with Crippen LogP contribution in [0.25, 0.3) is 11.1 Å². The zero-order chi connectivity index (χ0) is 45.2. The summed E-state index contributed by atoms with van der Waals surface area (Å²) < 4.78 is 12.1. The molecule has 0 aliphatic carbocycles. The van der Waals surface area contributed by atoms with Gasteiger partial charge in [0.2, 0.25) is 23.6 Å². The predicted molar refractivity (Wildman–Crippen MR) is 235 cm³/mol. The number of ether oxygens (including phenoxy) is 2. The Bertz CT molecular complexity index is 2070. The molecule has 16 nitrogen and oxygen atoms in total. The molecule has 62 heavy (non-hydrogen) atoms. The molecule has 0 radical (unpaired) electrons. The maximum Gasteiger partial charge on any atom is 0.252 e. The maximum absolute atomic E-state index is 14.4. The fraction of sp³-hybridized carbons (Fsp3) is 0.478. The summed E-state index contributed by atoms with van der Waals surface area (Å²) in [6.45, 7) is 5.03. The zero-order valence-corrected chi connectivity index (χ0v) is 36.3. The fourth-order valence-electron chi connectivity index (χ4n) is 7.37. The molecule has 4 rings (SSSR count). The third kappa shape index (κ3) is 13.2. The van der Waals surface area contributed by atoms with E-state index in [0.717, 1.165) is 29.7 Å². The molecular weight excluding hydrogens is 793 g/mol. The van der Waals surface area contributed by atoms with Crippen LogP contribution in [0, 0.1) is 18.3 Å². The average molecular weight is 855 g/mol. The highest BCUT2D eigenvalue weighted by molar-refractivity contribution is 6.00. The number of aliphatic hydroxyl groups excluding tert-OH is 1. The molecule has 16 heteroatoms. The highest BCUT2D eigenvalue weighted by Crippen LogP contribution is 2.40. The molecule has 1 aliphatic heterocycles. The number of carbonyl (C=O) groups is 5. The van der Waals surface area contributed by atoms with Crippen molar-refractivity contribution in [3.63, 3.8) is 0 Å². The molecule has 0 fully saturated rings. The number of nitriles is 1. The summed E-state index contributed by atoms with van der Waals surface area (Å²) in [5, 5.41) is 30.2. The first-order chi connectivity index (χ1) is 29.9. The Hall–Kier alpha value is -6.02. The summed E-state index contributed by atoms with van der Waals surface area (Å²) in [5.74, 6) is -2.70. The van der Waals surface area contributed by atoms with Crippen LogP contribution in [0.3, 0.4) is 0 Å². The van der Waals surface area contributed by atoms with Crippen molar-refractivity contribution in [1.82, 2.24) is 26.2 Å². The number of nitrogens with two attached hydrogens (primary N) is 2. The van der Waals surface area contributed by atoms with Crippen molar-refractivity contribution in [3.8, 4) is 28.7 Å². The molecule has 0 saturated heterocycles. The Kier molecular flexibility index (Phi) is 19.2. The van der Waals surface area contributed by atoms with Gasteiger partial charge in [-0.15, -0.1) is 0 Å². The molecule has 334 valence electrons. The molecule has 5 amide bonds. The third-order valence-electron chi connectivity index (χ3n) is 10.7. The minimum Gasteiger partial charge on any atom is -0.492 e. The van der Waals surface area contributed by atoms with Crippen molar-refractivity contribution < 1.29 is 38.6 Å². The Labute approximate surface area is 364 Å². The van der Waals surface area contributed by atoms with Crippen molar-refractivity contribution in [2.24, 2.45) is 11.5 Å². The monoisotopic (exact) mass is 854 g/mol. The number of rotatable bonds is 20. The van der Waals surface area contributed by atoms with Gasteiger partial charge >= 0.3 is 0 Å². The summed E-state index contributed by atoms with van der Waals surface area (Å²) in [7, 11) is 1.36. The van der Waals surface area contributed by atoms with Crippen LogP contribution in [-0.2, 0) is 32.0 Å². The van der Waals surface area contributed by atoms with E-state index in [1.807, 2.05) is 25.1 Å². The highest BCUT2D eigenvalue weighted by Gasteiger charge is 2.36. The fourth-order valence-corrected chi connectivity index (χ4v) is 7.37. The molecule has 4 unspecified atom stereocenters. The van der Waals surface area contributed by atoms with Crippen LogP contribution in [-0.4, -0.2) is 104 Å². The number of likely N-dealkylation sites (N-methyl/N-ethyl adjacent to an activating group) is 1. The summed E-state index contributed by atoms with van der Waals surface area (Å²) in [4.78, 5) is 70.4. The van der Waals surface area contributed by atoms with Gasteiger partial charge in [-0.3, -0.25) is 24.0 Å². The molecule has 4 bridgehead atoms. The van der Waals surface area contributed by atoms with E-state index in [0.29, 0.717) is 44.9 Å². The van der Waals surface area contributed by atoms with Crippen molar-refractivity contribution in [1.29, 1.82) is 5.26 Å². The van der Waals surface area contributed by atoms with Gasteiger partial charge in [0.25, 0.3) is 5.91 Å². The van der Waals surface area contributed by atoms with Gasteiger partial charge in [0, 0.05) is 43.2 Å². The smallest absolute Gasteiger partial charge is 0.252 e. The molecule has 1 aliphatic rings. The molecule has 3 aromatic carbocycles. The highest BCUT2D eigenvalue weighted by atomic mass is 16.5. The lowest BCUT2D eigenvalue weighted by molar-refractivity contribution is -0.142. The number of benzene rings is 3. The normalized spacial score (nSPS) is 16.7. The van der Waals surface area contributed by atoms with Crippen LogP contribution in [0.4, 0.5) is 0 Å². The number of nitrogens with zero attached hydrogens (tertiary/aromatic N) is 2. The zero-order valence-electron chi connectivity index (χ0n) is 36.3. The topological polar surface area (TPSA) is 251 Å². The van der Waals surface area contributed by atoms with Gasteiger partial charge < -0.3 is 52.2 Å². The van der Waals surface area contributed by atoms with E-state index in [1.165, 1.54) is 39.7 Å². The van der Waals surface area contributed by atoms with Crippen LogP contribution in [0.2, 0.25) is 0 Å². The first kappa shape index (κ1) is 48.6. The first-order valence-electron chi connectivity index (χ1n) is 21.3. The molecule has 9 N–H and O–H groups in total. The molecule has 3 aromatic rings. The number of unbranched alkanes of at least 4 members (excludes halogenated alkanes) is 5. The van der Waals surface area contributed by atoms with E-state index < -0.39 is 60.3 Å². The Morgan fingerprint density at radius 2 is 1.58 bits per heavy atom. The first-order valence-corrected chi connectivity index (χ1v) is 21.3. The number of amides is 5. The predicted octanol–water partition coefficient (Wildman–Crippen LogP) is 2.72. The van der Waals surface area contributed by atoms with Crippen molar-refractivity contribution >= 4 is 29.5 Å². The van der Waals surface area contributed by atoms with Gasteiger partial charge in [-0.05, 0) is 79.3 Å². The SMILES string of the molecule is CCCCCCCCc1ccc(C(=O)NC(CO)C(=O)N(C)C2C(=O)NC(C)C(=O)NC(C(=O)NCC#N)Cc3ccc(OCCN)c(c3)-c3cc2ccc3OCCN)c(C)c1. The number of aryl methyl sites for hydroxylation is 2. The number of fused-ring (bicyclic) bond motifs is 5. The van der Waals surface area contributed by atoms with Crippen LogP contribution in [0.5, 0.6) is 11.5 Å². The van der Waals surface area contributed by atoms with E-state index in [2.05, 4.69) is 28.2 Å². The second-order valence-electron chi connectivity index (χ2n) is 15.5. The van der Waals surface area contributed by atoms with Crippen LogP contribution < -0.4 is 42.2 Å². The number of carbonyl (C=O) groups excluding carboxylic acids is 5. The number of hydrogen-bond acceptors (Lipinski definition) is 11. The van der Waals surface area contributed by atoms with Gasteiger partial charge in [-0.1, -0.05) is 63.3 Å². The molecular formula is C46H62N8O8. The van der Waals surface area contributed by atoms with Gasteiger partial charge in [0.15, 0.2) is 0 Å². The van der Waals surface area contributed by atoms with E-state index >= 15 is 0 Å². The Balaban J connectivity index is 1.74. The average Bonchev–Trinajstić information content (AvgIpc) is 3.26. The third-order valence-corrected chi connectivity index (χ3v) is 10.7. The largest absolute Gasteiger partial charge is 0.492 e. The van der Waals surface area contributed by atoms with Gasteiger partial charge in [0.05, 0.1) is 12.7 Å². The molecule has 0 aromatic heterocycles. The van der Waals surface area contributed by atoms with Crippen molar-refractivity contribution in [3.05, 3.63) is 82.4 Å². The van der Waals surface area contributed by atoms with E-state index in [1.54, 1.807) is 42.5 Å². The second kappa shape index (κ2) is 24.4. The summed E-state index contributed by atoms with van der Waals surface area (Å²) >= 11 is 0. The van der Waals surface area contributed by atoms with E-state index in [9.17, 15) is 29.1 Å². The molecule has 0 saturated carbocycles.